The highest BCUT2D eigenvalue weighted by molar-refractivity contribution is 8.04. The zero-order valence-electron chi connectivity index (χ0n) is 10.8. The van der Waals surface area contributed by atoms with E-state index in [2.05, 4.69) is 20.8 Å². The molecule has 0 bridgehead atoms. The van der Waals surface area contributed by atoms with Crippen LogP contribution in [-0.2, 0) is 4.79 Å². The van der Waals surface area contributed by atoms with E-state index in [9.17, 15) is 4.79 Å². The third-order valence-electron chi connectivity index (χ3n) is 3.69. The maximum absolute atomic E-state index is 12.3. The van der Waals surface area contributed by atoms with Gasteiger partial charge in [-0.15, -0.1) is 0 Å². The lowest BCUT2D eigenvalue weighted by molar-refractivity contribution is -0.117. The van der Waals surface area contributed by atoms with E-state index in [1.165, 1.54) is 11.8 Å². The maximum atomic E-state index is 12.3. The number of nitrogens with zero attached hydrogens (tertiary/aromatic N) is 1. The molecule has 0 aliphatic carbocycles. The summed E-state index contributed by atoms with van der Waals surface area (Å²) < 4.78 is 0. The molecular formula is C14H14N4OS. The lowest BCUT2D eigenvalue weighted by atomic mass is 10.2. The van der Waals surface area contributed by atoms with Gasteiger partial charge in [0.05, 0.1) is 16.1 Å². The van der Waals surface area contributed by atoms with Crippen LogP contribution in [0.4, 0.5) is 0 Å². The third kappa shape index (κ3) is 1.92. The van der Waals surface area contributed by atoms with Gasteiger partial charge in [-0.05, 0) is 31.2 Å². The SMILES string of the molecule is O=C(NC1CCNC1)C1=Cc2[nH]nc3cccc(c23)S1. The highest BCUT2D eigenvalue weighted by Gasteiger charge is 2.23. The smallest absolute Gasteiger partial charge is 0.258 e. The Hall–Kier alpha value is -1.79. The molecule has 1 aromatic carbocycles. The van der Waals surface area contributed by atoms with Crippen LogP contribution >= 0.6 is 11.8 Å². The van der Waals surface area contributed by atoms with Crippen molar-refractivity contribution < 1.29 is 4.79 Å². The summed E-state index contributed by atoms with van der Waals surface area (Å²) in [4.78, 5) is 14.2. The Morgan fingerprint density at radius 2 is 2.40 bits per heavy atom. The molecule has 2 aliphatic rings. The topological polar surface area (TPSA) is 69.8 Å². The summed E-state index contributed by atoms with van der Waals surface area (Å²) in [6.07, 6.45) is 2.89. The van der Waals surface area contributed by atoms with Crippen molar-refractivity contribution in [3.05, 3.63) is 28.8 Å². The van der Waals surface area contributed by atoms with Gasteiger partial charge in [0, 0.05) is 22.9 Å². The van der Waals surface area contributed by atoms with Gasteiger partial charge in [0.25, 0.3) is 5.91 Å². The molecule has 1 aromatic heterocycles. The van der Waals surface area contributed by atoms with Gasteiger partial charge in [-0.3, -0.25) is 9.89 Å². The number of hydrogen-bond donors (Lipinski definition) is 3. The second-order valence-corrected chi connectivity index (χ2v) is 6.15. The molecule has 102 valence electrons. The first-order valence-electron chi connectivity index (χ1n) is 6.69. The molecule has 2 aliphatic heterocycles. The Morgan fingerprint density at radius 3 is 3.25 bits per heavy atom. The summed E-state index contributed by atoms with van der Waals surface area (Å²) >= 11 is 1.51. The van der Waals surface area contributed by atoms with Gasteiger partial charge in [-0.1, -0.05) is 17.8 Å². The van der Waals surface area contributed by atoms with Gasteiger partial charge in [0.1, 0.15) is 0 Å². The number of aromatic amines is 1. The number of benzene rings is 1. The minimum atomic E-state index is 0.000882. The monoisotopic (exact) mass is 286 g/mol. The average molecular weight is 286 g/mol. The zero-order valence-corrected chi connectivity index (χ0v) is 11.6. The number of carbonyl (C=O) groups excluding carboxylic acids is 1. The van der Waals surface area contributed by atoms with Crippen molar-refractivity contribution in [2.75, 3.05) is 13.1 Å². The highest BCUT2D eigenvalue weighted by Crippen LogP contribution is 2.39. The number of thioether (sulfide) groups is 1. The summed E-state index contributed by atoms with van der Waals surface area (Å²) in [6.45, 7) is 1.83. The number of amides is 1. The molecule has 0 radical (unpaired) electrons. The molecule has 0 spiro atoms. The largest absolute Gasteiger partial charge is 0.348 e. The minimum Gasteiger partial charge on any atom is -0.348 e. The lowest BCUT2D eigenvalue weighted by Gasteiger charge is -2.16. The van der Waals surface area contributed by atoms with Crippen LogP contribution in [0.3, 0.4) is 0 Å². The standard InChI is InChI=1S/C14H14N4OS/c19-14(16-8-4-5-15-7-8)12-6-10-13-9(17-18-10)2-1-3-11(13)20-12/h1-3,6,8,15H,4-5,7H2,(H,16,19)(H,17,18). The van der Waals surface area contributed by atoms with Gasteiger partial charge in [0.15, 0.2) is 0 Å². The van der Waals surface area contributed by atoms with Crippen molar-refractivity contribution in [1.82, 2.24) is 20.8 Å². The second-order valence-electron chi connectivity index (χ2n) is 5.06. The molecule has 3 N–H and O–H groups in total. The Morgan fingerprint density at radius 1 is 1.45 bits per heavy atom. The number of aromatic nitrogens is 2. The summed E-state index contributed by atoms with van der Waals surface area (Å²) in [5.41, 5.74) is 1.87. The van der Waals surface area contributed by atoms with Gasteiger partial charge in [0.2, 0.25) is 0 Å². The number of nitrogens with one attached hydrogen (secondary N) is 3. The van der Waals surface area contributed by atoms with Crippen LogP contribution in [-0.4, -0.2) is 35.2 Å². The Kier molecular flexibility index (Phi) is 2.78. The zero-order chi connectivity index (χ0) is 13.5. The van der Waals surface area contributed by atoms with Crippen molar-refractivity contribution in [1.29, 1.82) is 0 Å². The molecule has 1 amide bonds. The van der Waals surface area contributed by atoms with E-state index in [-0.39, 0.29) is 11.9 Å². The van der Waals surface area contributed by atoms with Crippen LogP contribution in [0, 0.1) is 0 Å². The Bertz CT molecular complexity index is 715. The lowest BCUT2D eigenvalue weighted by Crippen LogP contribution is -2.36. The van der Waals surface area contributed by atoms with Gasteiger partial charge in [-0.25, -0.2) is 0 Å². The quantitative estimate of drug-likeness (QED) is 0.782. The van der Waals surface area contributed by atoms with E-state index in [0.29, 0.717) is 0 Å². The van der Waals surface area contributed by atoms with Crippen LogP contribution in [0.1, 0.15) is 12.1 Å². The molecule has 6 heteroatoms. The molecule has 3 heterocycles. The van der Waals surface area contributed by atoms with Gasteiger partial charge < -0.3 is 10.6 Å². The number of rotatable bonds is 2. The second kappa shape index (κ2) is 4.64. The number of carbonyl (C=O) groups is 1. The predicted octanol–water partition coefficient (Wildman–Crippen LogP) is 1.49. The first-order valence-corrected chi connectivity index (χ1v) is 7.51. The van der Waals surface area contributed by atoms with E-state index in [1.807, 2.05) is 24.3 Å². The maximum Gasteiger partial charge on any atom is 0.258 e. The van der Waals surface area contributed by atoms with Crippen LogP contribution in [0.2, 0.25) is 0 Å². The molecular weight excluding hydrogens is 272 g/mol. The summed E-state index contributed by atoms with van der Waals surface area (Å²) in [5, 5.41) is 14.7. The fourth-order valence-corrected chi connectivity index (χ4v) is 3.70. The molecule has 20 heavy (non-hydrogen) atoms. The third-order valence-corrected chi connectivity index (χ3v) is 4.77. The highest BCUT2D eigenvalue weighted by atomic mass is 32.2. The van der Waals surface area contributed by atoms with Crippen molar-refractivity contribution in [2.24, 2.45) is 0 Å². The predicted molar refractivity (Wildman–Crippen MR) is 79.3 cm³/mol. The molecule has 2 aromatic rings. The number of H-pyrrole nitrogens is 1. The van der Waals surface area contributed by atoms with E-state index in [0.717, 1.165) is 45.9 Å². The van der Waals surface area contributed by atoms with Crippen molar-refractivity contribution in [3.8, 4) is 0 Å². The van der Waals surface area contributed by atoms with Crippen molar-refractivity contribution in [2.45, 2.75) is 17.4 Å². The van der Waals surface area contributed by atoms with E-state index < -0.39 is 0 Å². The van der Waals surface area contributed by atoms with E-state index >= 15 is 0 Å². The number of hydrogen-bond acceptors (Lipinski definition) is 4. The van der Waals surface area contributed by atoms with Crippen molar-refractivity contribution in [3.63, 3.8) is 0 Å². The first kappa shape index (κ1) is 12.0. The summed E-state index contributed by atoms with van der Waals surface area (Å²) in [7, 11) is 0. The molecule has 1 saturated heterocycles. The molecule has 4 rings (SSSR count). The molecule has 0 saturated carbocycles. The summed E-state index contributed by atoms with van der Waals surface area (Å²) in [6, 6.07) is 6.21. The van der Waals surface area contributed by atoms with Crippen LogP contribution in [0.15, 0.2) is 28.0 Å². The van der Waals surface area contributed by atoms with Crippen LogP contribution in [0.25, 0.3) is 17.0 Å². The normalized spacial score (nSPS) is 21.0. The van der Waals surface area contributed by atoms with E-state index in [4.69, 9.17) is 0 Å². The van der Waals surface area contributed by atoms with Crippen LogP contribution in [0.5, 0.6) is 0 Å². The average Bonchev–Trinajstić information content (AvgIpc) is 3.10. The van der Waals surface area contributed by atoms with Gasteiger partial charge in [-0.2, -0.15) is 5.10 Å². The van der Waals surface area contributed by atoms with E-state index in [1.54, 1.807) is 0 Å². The summed E-state index contributed by atoms with van der Waals surface area (Å²) in [5.74, 6) is 0.000882. The fraction of sp³-hybridized carbons (Fsp3) is 0.286. The molecule has 1 unspecified atom stereocenters. The molecule has 5 nitrogen and oxygen atoms in total. The Labute approximate surface area is 120 Å². The molecule has 1 fully saturated rings. The van der Waals surface area contributed by atoms with Gasteiger partial charge >= 0.3 is 0 Å². The fourth-order valence-electron chi connectivity index (χ4n) is 2.67. The Balaban J connectivity index is 1.64. The van der Waals surface area contributed by atoms with Crippen LogP contribution < -0.4 is 10.6 Å². The van der Waals surface area contributed by atoms with Crippen molar-refractivity contribution >= 4 is 34.6 Å². The first-order chi connectivity index (χ1) is 9.81. The molecule has 1 atom stereocenters. The minimum absolute atomic E-state index is 0.000882.